The second-order valence-electron chi connectivity index (χ2n) is 6.25. The van der Waals surface area contributed by atoms with Gasteiger partial charge >= 0.3 is 12.6 Å². The predicted molar refractivity (Wildman–Crippen MR) is 103 cm³/mol. The summed E-state index contributed by atoms with van der Waals surface area (Å²) in [5.74, 6) is -1.16. The number of ether oxygens (including phenoxy) is 2. The van der Waals surface area contributed by atoms with E-state index >= 15 is 0 Å². The number of hydrogen-bond acceptors (Lipinski definition) is 7. The SMILES string of the molecule is COC(=O)c1csc(S(=O)(=O)N2CCN(C(=O)c3cccc(OC(F)F)c3)CC2)c1. The van der Waals surface area contributed by atoms with Crippen LogP contribution < -0.4 is 4.74 Å². The molecule has 0 atom stereocenters. The quantitative estimate of drug-likeness (QED) is 0.614. The molecule has 2 heterocycles. The average molecular weight is 460 g/mol. The molecule has 8 nitrogen and oxygen atoms in total. The Bertz CT molecular complexity index is 1030. The van der Waals surface area contributed by atoms with Gasteiger partial charge in [-0.25, -0.2) is 13.2 Å². The van der Waals surface area contributed by atoms with Crippen LogP contribution in [0.25, 0.3) is 0 Å². The Morgan fingerprint density at radius 3 is 2.43 bits per heavy atom. The van der Waals surface area contributed by atoms with Gasteiger partial charge in [-0.3, -0.25) is 4.79 Å². The smallest absolute Gasteiger partial charge is 0.387 e. The molecule has 1 aromatic heterocycles. The van der Waals surface area contributed by atoms with Gasteiger partial charge in [-0.15, -0.1) is 11.3 Å². The van der Waals surface area contributed by atoms with Crippen LogP contribution in [-0.2, 0) is 14.8 Å². The van der Waals surface area contributed by atoms with Gasteiger partial charge in [-0.1, -0.05) is 6.07 Å². The predicted octanol–water partition coefficient (Wildman–Crippen LogP) is 2.28. The van der Waals surface area contributed by atoms with Crippen LogP contribution in [-0.4, -0.2) is 69.4 Å². The molecule has 0 bridgehead atoms. The molecule has 2 aromatic rings. The summed E-state index contributed by atoms with van der Waals surface area (Å²) in [5, 5.41) is 1.41. The lowest BCUT2D eigenvalue weighted by atomic mass is 10.1. The van der Waals surface area contributed by atoms with E-state index in [1.54, 1.807) is 0 Å². The monoisotopic (exact) mass is 460 g/mol. The summed E-state index contributed by atoms with van der Waals surface area (Å²) in [4.78, 5) is 25.6. The number of esters is 1. The largest absolute Gasteiger partial charge is 0.465 e. The third kappa shape index (κ3) is 4.77. The number of amides is 1. The molecule has 0 radical (unpaired) electrons. The van der Waals surface area contributed by atoms with E-state index in [0.29, 0.717) is 0 Å². The number of hydrogen-bond donors (Lipinski definition) is 0. The summed E-state index contributed by atoms with van der Waals surface area (Å²) in [5.41, 5.74) is 0.325. The molecular weight excluding hydrogens is 442 g/mol. The first-order valence-corrected chi connectivity index (χ1v) is 11.1. The van der Waals surface area contributed by atoms with Crippen molar-refractivity contribution in [3.63, 3.8) is 0 Å². The fourth-order valence-electron chi connectivity index (χ4n) is 2.92. The molecule has 1 aliphatic rings. The number of sulfonamides is 1. The van der Waals surface area contributed by atoms with Gasteiger partial charge in [-0.2, -0.15) is 13.1 Å². The van der Waals surface area contributed by atoms with E-state index in [2.05, 4.69) is 9.47 Å². The van der Waals surface area contributed by atoms with Gasteiger partial charge in [0, 0.05) is 37.1 Å². The first-order chi connectivity index (χ1) is 14.2. The maximum Gasteiger partial charge on any atom is 0.387 e. The van der Waals surface area contributed by atoms with Crippen LogP contribution in [0.3, 0.4) is 0 Å². The van der Waals surface area contributed by atoms with Crippen molar-refractivity contribution in [2.45, 2.75) is 10.8 Å². The van der Waals surface area contributed by atoms with Crippen molar-refractivity contribution >= 4 is 33.2 Å². The molecule has 1 fully saturated rings. The average Bonchev–Trinajstić information content (AvgIpc) is 3.23. The molecule has 3 rings (SSSR count). The Morgan fingerprint density at radius 1 is 1.10 bits per heavy atom. The summed E-state index contributed by atoms with van der Waals surface area (Å²) in [6.07, 6.45) is 0. The molecule has 30 heavy (non-hydrogen) atoms. The van der Waals surface area contributed by atoms with Crippen LogP contribution in [0, 0.1) is 0 Å². The number of rotatable bonds is 6. The summed E-state index contributed by atoms with van der Waals surface area (Å²) in [6, 6.07) is 6.71. The molecule has 12 heteroatoms. The topological polar surface area (TPSA) is 93.2 Å². The number of methoxy groups -OCH3 is 1. The molecule has 162 valence electrons. The number of nitrogens with zero attached hydrogens (tertiary/aromatic N) is 2. The van der Waals surface area contributed by atoms with E-state index < -0.39 is 28.5 Å². The Labute approximate surface area is 175 Å². The van der Waals surface area contributed by atoms with E-state index in [1.807, 2.05) is 0 Å². The third-order valence-corrected chi connectivity index (χ3v) is 7.74. The minimum atomic E-state index is -3.81. The van der Waals surface area contributed by atoms with Gasteiger partial charge in [0.2, 0.25) is 0 Å². The van der Waals surface area contributed by atoms with E-state index in [-0.39, 0.29) is 47.3 Å². The molecular formula is C18H18F2N2O6S2. The van der Waals surface area contributed by atoms with Crippen molar-refractivity contribution in [3.05, 3.63) is 46.8 Å². The lowest BCUT2D eigenvalue weighted by Crippen LogP contribution is -2.50. The van der Waals surface area contributed by atoms with Gasteiger partial charge in [-0.05, 0) is 24.3 Å². The van der Waals surface area contributed by atoms with Gasteiger partial charge in [0.05, 0.1) is 12.7 Å². The fraction of sp³-hybridized carbons (Fsp3) is 0.333. The summed E-state index contributed by atoms with van der Waals surface area (Å²) >= 11 is 0.918. The lowest BCUT2D eigenvalue weighted by Gasteiger charge is -2.33. The highest BCUT2D eigenvalue weighted by Crippen LogP contribution is 2.26. The maximum absolute atomic E-state index is 12.8. The first kappa shape index (κ1) is 22.1. The van der Waals surface area contributed by atoms with Crippen molar-refractivity contribution in [2.75, 3.05) is 33.3 Å². The zero-order chi connectivity index (χ0) is 21.9. The van der Waals surface area contributed by atoms with Gasteiger partial charge < -0.3 is 14.4 Å². The molecule has 1 saturated heterocycles. The normalized spacial score (nSPS) is 15.3. The number of halogens is 2. The Hall–Kier alpha value is -2.57. The van der Waals surface area contributed by atoms with Gasteiger partial charge in [0.25, 0.3) is 15.9 Å². The number of alkyl halides is 2. The second-order valence-corrected chi connectivity index (χ2v) is 9.32. The first-order valence-electron chi connectivity index (χ1n) is 8.73. The molecule has 1 amide bonds. The summed E-state index contributed by atoms with van der Waals surface area (Å²) in [6.45, 7) is -2.61. The van der Waals surface area contributed by atoms with Crippen LogP contribution in [0.2, 0.25) is 0 Å². The number of benzene rings is 1. The van der Waals surface area contributed by atoms with Crippen LogP contribution in [0.1, 0.15) is 20.7 Å². The van der Waals surface area contributed by atoms with Crippen molar-refractivity contribution in [1.82, 2.24) is 9.21 Å². The lowest BCUT2D eigenvalue weighted by molar-refractivity contribution is -0.0499. The highest BCUT2D eigenvalue weighted by atomic mass is 32.2. The molecule has 0 N–H and O–H groups in total. The number of carbonyl (C=O) groups excluding carboxylic acids is 2. The minimum Gasteiger partial charge on any atom is -0.465 e. The van der Waals surface area contributed by atoms with Crippen LogP contribution in [0.4, 0.5) is 8.78 Å². The van der Waals surface area contributed by atoms with E-state index in [0.717, 1.165) is 11.3 Å². The second kappa shape index (κ2) is 9.06. The fourth-order valence-corrected chi connectivity index (χ4v) is 5.65. The van der Waals surface area contributed by atoms with Gasteiger partial charge in [0.15, 0.2) is 0 Å². The Kier molecular flexibility index (Phi) is 6.68. The third-order valence-electron chi connectivity index (χ3n) is 4.42. The van der Waals surface area contributed by atoms with E-state index in [1.165, 1.54) is 52.0 Å². The summed E-state index contributed by atoms with van der Waals surface area (Å²) < 4.78 is 60.5. The Morgan fingerprint density at radius 2 is 1.80 bits per heavy atom. The number of carbonyl (C=O) groups is 2. The summed E-state index contributed by atoms with van der Waals surface area (Å²) in [7, 11) is -2.61. The van der Waals surface area contributed by atoms with Gasteiger partial charge in [0.1, 0.15) is 9.96 Å². The van der Waals surface area contributed by atoms with Crippen molar-refractivity contribution < 1.29 is 36.3 Å². The van der Waals surface area contributed by atoms with Crippen LogP contribution in [0.15, 0.2) is 39.9 Å². The maximum atomic E-state index is 12.8. The van der Waals surface area contributed by atoms with Crippen molar-refractivity contribution in [1.29, 1.82) is 0 Å². The van der Waals surface area contributed by atoms with Crippen molar-refractivity contribution in [2.24, 2.45) is 0 Å². The molecule has 0 aliphatic carbocycles. The number of piperazine rings is 1. The van der Waals surface area contributed by atoms with Crippen LogP contribution in [0.5, 0.6) is 5.75 Å². The zero-order valence-electron chi connectivity index (χ0n) is 15.8. The molecule has 0 saturated carbocycles. The standard InChI is InChI=1S/C18H18F2N2O6S2/c1-27-17(24)13-10-15(29-11-13)30(25,26)22-7-5-21(6-8-22)16(23)12-3-2-4-14(9-12)28-18(19)20/h2-4,9-11,18H,5-8H2,1H3. The molecule has 0 unspecified atom stereocenters. The van der Waals surface area contributed by atoms with Crippen LogP contribution >= 0.6 is 11.3 Å². The highest BCUT2D eigenvalue weighted by Gasteiger charge is 2.32. The van der Waals surface area contributed by atoms with E-state index in [9.17, 15) is 26.8 Å². The minimum absolute atomic E-state index is 0.0134. The molecule has 1 aliphatic heterocycles. The molecule has 0 spiro atoms. The van der Waals surface area contributed by atoms with E-state index in [4.69, 9.17) is 0 Å². The zero-order valence-corrected chi connectivity index (χ0v) is 17.4. The highest BCUT2D eigenvalue weighted by molar-refractivity contribution is 7.91. The Balaban J connectivity index is 1.66. The van der Waals surface area contributed by atoms with Crippen molar-refractivity contribution in [3.8, 4) is 5.75 Å². The number of thiophene rings is 1. The molecule has 1 aromatic carbocycles.